The number of piperazine rings is 1. The zero-order valence-corrected chi connectivity index (χ0v) is 17.6. The third-order valence-electron chi connectivity index (χ3n) is 6.12. The van der Waals surface area contributed by atoms with E-state index in [1.54, 1.807) is 6.20 Å². The van der Waals surface area contributed by atoms with E-state index >= 15 is 0 Å². The van der Waals surface area contributed by atoms with Crippen LogP contribution in [-0.2, 0) is 4.79 Å². The fraction of sp³-hybridized carbons (Fsp3) is 0.632. The van der Waals surface area contributed by atoms with Gasteiger partial charge in [-0.15, -0.1) is 11.8 Å². The van der Waals surface area contributed by atoms with Crippen LogP contribution < -0.4 is 10.2 Å². The van der Waals surface area contributed by atoms with Crippen LogP contribution in [0.4, 0.5) is 5.82 Å². The Morgan fingerprint density at radius 1 is 1.24 bits per heavy atom. The molecule has 0 unspecified atom stereocenters. The molecular weight excluding hydrogens is 388 g/mol. The van der Waals surface area contributed by atoms with Gasteiger partial charge in [-0.3, -0.25) is 9.69 Å². The van der Waals surface area contributed by atoms with E-state index in [4.69, 9.17) is 0 Å². The quantitative estimate of drug-likeness (QED) is 0.741. The highest BCUT2D eigenvalue weighted by Gasteiger charge is 2.37. The van der Waals surface area contributed by atoms with Gasteiger partial charge in [-0.2, -0.15) is 9.78 Å². The Hall–Kier alpha value is -2.04. The summed E-state index contributed by atoms with van der Waals surface area (Å²) in [6.07, 6.45) is 4.49. The zero-order chi connectivity index (χ0) is 19.8. The monoisotopic (exact) mass is 416 g/mol. The molecule has 0 saturated carbocycles. The number of hydrogen-bond donors (Lipinski definition) is 2. The number of aromatic amines is 1. The third-order valence-corrected chi connectivity index (χ3v) is 7.09. The molecule has 3 aliphatic heterocycles. The number of imidazole rings is 1. The van der Waals surface area contributed by atoms with E-state index in [9.17, 15) is 4.79 Å². The summed E-state index contributed by atoms with van der Waals surface area (Å²) in [6.45, 7) is 7.70. The number of carbonyl (C=O) groups is 1. The minimum Gasteiger partial charge on any atom is -0.354 e. The molecule has 0 bridgehead atoms. The van der Waals surface area contributed by atoms with E-state index in [2.05, 4.69) is 36.2 Å². The first-order chi connectivity index (χ1) is 14.2. The minimum absolute atomic E-state index is 0.0141. The molecule has 0 radical (unpaired) electrons. The second kappa shape index (κ2) is 8.00. The molecule has 9 nitrogen and oxygen atoms in total. The van der Waals surface area contributed by atoms with Crippen molar-refractivity contribution in [2.75, 3.05) is 55.8 Å². The molecule has 156 valence electrons. The molecule has 29 heavy (non-hydrogen) atoms. The Kier molecular flexibility index (Phi) is 5.23. The predicted molar refractivity (Wildman–Crippen MR) is 113 cm³/mol. The lowest BCUT2D eigenvalue weighted by Gasteiger charge is -2.38. The fourth-order valence-corrected chi connectivity index (χ4v) is 5.50. The first kappa shape index (κ1) is 19.0. The Morgan fingerprint density at radius 2 is 2.10 bits per heavy atom. The van der Waals surface area contributed by atoms with Gasteiger partial charge in [-0.1, -0.05) is 0 Å². The van der Waals surface area contributed by atoms with Gasteiger partial charge in [0, 0.05) is 69.5 Å². The van der Waals surface area contributed by atoms with Gasteiger partial charge < -0.3 is 20.1 Å². The lowest BCUT2D eigenvalue weighted by Crippen LogP contribution is -2.51. The average molecular weight is 417 g/mol. The van der Waals surface area contributed by atoms with E-state index in [1.807, 2.05) is 34.5 Å². The normalized spacial score (nSPS) is 25.8. The smallest absolute Gasteiger partial charge is 0.240 e. The largest absolute Gasteiger partial charge is 0.354 e. The number of nitrogens with one attached hydrogen (secondary N) is 2. The number of rotatable bonds is 4. The Bertz CT molecular complexity index is 839. The fourth-order valence-electron chi connectivity index (χ4n) is 4.55. The molecule has 5 rings (SSSR count). The molecule has 3 aliphatic rings. The molecule has 2 atom stereocenters. The number of amides is 1. The number of aromatic nitrogens is 4. The van der Waals surface area contributed by atoms with Gasteiger partial charge >= 0.3 is 0 Å². The molecule has 1 amide bonds. The number of nitrogens with zero attached hydrogens (tertiary/aromatic N) is 6. The van der Waals surface area contributed by atoms with E-state index in [0.29, 0.717) is 6.04 Å². The van der Waals surface area contributed by atoms with Crippen molar-refractivity contribution in [1.82, 2.24) is 34.9 Å². The lowest BCUT2D eigenvalue weighted by atomic mass is 10.1. The maximum atomic E-state index is 12.7. The predicted octanol–water partition coefficient (Wildman–Crippen LogP) is 0.289. The molecular formula is C19H28N8OS. The van der Waals surface area contributed by atoms with Crippen molar-refractivity contribution in [3.8, 4) is 5.95 Å². The molecule has 2 N–H and O–H groups in total. The molecule has 2 aromatic heterocycles. The van der Waals surface area contributed by atoms with Crippen LogP contribution in [0.25, 0.3) is 5.95 Å². The summed E-state index contributed by atoms with van der Waals surface area (Å²) in [4.78, 5) is 27.1. The minimum atomic E-state index is -0.0141. The molecule has 0 aliphatic carbocycles. The first-order valence-corrected chi connectivity index (χ1v) is 11.5. The van der Waals surface area contributed by atoms with Crippen LogP contribution >= 0.6 is 11.8 Å². The van der Waals surface area contributed by atoms with Crippen molar-refractivity contribution in [3.05, 3.63) is 24.2 Å². The van der Waals surface area contributed by atoms with Gasteiger partial charge in [0.15, 0.2) is 0 Å². The molecule has 0 spiro atoms. The number of thioether (sulfide) groups is 1. The van der Waals surface area contributed by atoms with Crippen molar-refractivity contribution in [2.24, 2.45) is 0 Å². The van der Waals surface area contributed by atoms with Gasteiger partial charge in [-0.05, 0) is 13.3 Å². The van der Waals surface area contributed by atoms with Crippen molar-refractivity contribution in [3.63, 3.8) is 0 Å². The van der Waals surface area contributed by atoms with Crippen molar-refractivity contribution < 1.29 is 4.79 Å². The number of carbonyl (C=O) groups excluding carboxylic acids is 1. The first-order valence-electron chi connectivity index (χ1n) is 10.3. The van der Waals surface area contributed by atoms with Crippen LogP contribution in [0.15, 0.2) is 18.5 Å². The maximum absolute atomic E-state index is 12.7. The van der Waals surface area contributed by atoms with Crippen molar-refractivity contribution in [2.45, 2.75) is 25.4 Å². The number of aryl methyl sites for hydroxylation is 1. The van der Waals surface area contributed by atoms with Gasteiger partial charge in [-0.25, -0.2) is 4.98 Å². The highest BCUT2D eigenvalue weighted by molar-refractivity contribution is 7.99. The summed E-state index contributed by atoms with van der Waals surface area (Å²) in [5.41, 5.74) is 0.986. The average Bonchev–Trinajstić information content (AvgIpc) is 3.54. The standard InChI is InChI=1S/C19H28N8OS/c1-14-10-17(27(23-14)19-20-2-3-21-19)25-6-4-24(5-7-25)15-11-16(22-12-15)18(28)26-8-9-29-13-26/h2-3,10,15-16,22H,4-9,11-13H2,1H3,(H,20,21)/t15-,16-/m0/s1. The second-order valence-corrected chi connectivity index (χ2v) is 9.06. The molecule has 3 fully saturated rings. The van der Waals surface area contributed by atoms with Crippen LogP contribution in [-0.4, -0.2) is 98.4 Å². The van der Waals surface area contributed by atoms with E-state index < -0.39 is 0 Å². The zero-order valence-electron chi connectivity index (χ0n) is 16.8. The Labute approximate surface area is 174 Å². The maximum Gasteiger partial charge on any atom is 0.240 e. The molecule has 10 heteroatoms. The van der Waals surface area contributed by atoms with Crippen molar-refractivity contribution in [1.29, 1.82) is 0 Å². The summed E-state index contributed by atoms with van der Waals surface area (Å²) in [5, 5.41) is 8.08. The summed E-state index contributed by atoms with van der Waals surface area (Å²) in [7, 11) is 0. The SMILES string of the molecule is Cc1cc(N2CCN([C@@H]3CN[C@H](C(=O)N4CCSC4)C3)CC2)n(-c2ncc[nH]2)n1. The highest BCUT2D eigenvalue weighted by atomic mass is 32.2. The molecule has 5 heterocycles. The molecule has 2 aromatic rings. The van der Waals surface area contributed by atoms with E-state index in [0.717, 1.165) is 74.8 Å². The van der Waals surface area contributed by atoms with Crippen LogP contribution in [0.2, 0.25) is 0 Å². The summed E-state index contributed by atoms with van der Waals surface area (Å²) in [5.74, 6) is 4.04. The lowest BCUT2D eigenvalue weighted by molar-refractivity contribution is -0.131. The molecule has 0 aromatic carbocycles. The highest BCUT2D eigenvalue weighted by Crippen LogP contribution is 2.24. The van der Waals surface area contributed by atoms with Crippen LogP contribution in [0, 0.1) is 6.92 Å². The van der Waals surface area contributed by atoms with E-state index in [-0.39, 0.29) is 11.9 Å². The second-order valence-electron chi connectivity index (χ2n) is 7.98. The van der Waals surface area contributed by atoms with Gasteiger partial charge in [0.05, 0.1) is 17.6 Å². The number of anilines is 1. The van der Waals surface area contributed by atoms with E-state index in [1.165, 1.54) is 0 Å². The Balaban J connectivity index is 1.19. The number of H-pyrrole nitrogens is 1. The van der Waals surface area contributed by atoms with Crippen LogP contribution in [0.3, 0.4) is 0 Å². The van der Waals surface area contributed by atoms with Gasteiger partial charge in [0.2, 0.25) is 11.9 Å². The Morgan fingerprint density at radius 3 is 2.83 bits per heavy atom. The van der Waals surface area contributed by atoms with Crippen LogP contribution in [0.5, 0.6) is 0 Å². The number of hydrogen-bond acceptors (Lipinski definition) is 7. The summed E-state index contributed by atoms with van der Waals surface area (Å²) in [6, 6.07) is 2.55. The molecule has 3 saturated heterocycles. The van der Waals surface area contributed by atoms with Crippen LogP contribution in [0.1, 0.15) is 12.1 Å². The third kappa shape index (κ3) is 3.76. The van der Waals surface area contributed by atoms with Crippen molar-refractivity contribution >= 4 is 23.5 Å². The summed E-state index contributed by atoms with van der Waals surface area (Å²) >= 11 is 1.85. The summed E-state index contributed by atoms with van der Waals surface area (Å²) < 4.78 is 1.89. The topological polar surface area (TPSA) is 85.3 Å². The van der Waals surface area contributed by atoms with Gasteiger partial charge in [0.1, 0.15) is 5.82 Å². The van der Waals surface area contributed by atoms with Gasteiger partial charge in [0.25, 0.3) is 0 Å².